The van der Waals surface area contributed by atoms with E-state index < -0.39 is 5.91 Å². The first-order chi connectivity index (χ1) is 17.2. The number of carbonyl (C=O) groups excluding carboxylic acids is 2. The lowest BCUT2D eigenvalue weighted by molar-refractivity contribution is 0.0939. The number of hydrogen-bond donors (Lipinski definition) is 2. The van der Waals surface area contributed by atoms with E-state index in [1.54, 1.807) is 15.4 Å². The number of primary amides is 1. The zero-order valence-electron chi connectivity index (χ0n) is 20.9. The molecule has 188 valence electrons. The number of amides is 2. The number of thiazole rings is 1. The number of aromatic nitrogens is 5. The molecule has 3 N–H and O–H groups in total. The van der Waals surface area contributed by atoms with Crippen LogP contribution in [0.1, 0.15) is 53.1 Å². The highest BCUT2D eigenvalue weighted by atomic mass is 32.1. The van der Waals surface area contributed by atoms with Crippen molar-refractivity contribution < 1.29 is 9.59 Å². The van der Waals surface area contributed by atoms with Crippen molar-refractivity contribution in [2.24, 2.45) is 12.8 Å². The molecular formula is C25H30N8O2S. The van der Waals surface area contributed by atoms with Crippen molar-refractivity contribution in [3.8, 4) is 21.8 Å². The van der Waals surface area contributed by atoms with Crippen LogP contribution in [-0.4, -0.2) is 66.3 Å². The van der Waals surface area contributed by atoms with Crippen LogP contribution in [0.5, 0.6) is 0 Å². The van der Waals surface area contributed by atoms with Crippen molar-refractivity contribution in [3.63, 3.8) is 0 Å². The summed E-state index contributed by atoms with van der Waals surface area (Å²) in [6.45, 7) is 8.81. The van der Waals surface area contributed by atoms with E-state index in [4.69, 9.17) is 5.73 Å². The summed E-state index contributed by atoms with van der Waals surface area (Å²) in [5, 5.41) is 12.1. The zero-order valence-corrected chi connectivity index (χ0v) is 21.7. The van der Waals surface area contributed by atoms with E-state index in [-0.39, 0.29) is 11.4 Å². The van der Waals surface area contributed by atoms with Crippen molar-refractivity contribution in [3.05, 3.63) is 47.5 Å². The number of nitrogens with one attached hydrogen (secondary N) is 1. The van der Waals surface area contributed by atoms with Crippen molar-refractivity contribution >= 4 is 28.0 Å². The fraction of sp³-hybridized carbons (Fsp3) is 0.400. The lowest BCUT2D eigenvalue weighted by Crippen LogP contribution is -2.43. The normalized spacial score (nSPS) is 15.6. The molecule has 4 aromatic heterocycles. The number of nitrogens with two attached hydrogens (primary N) is 1. The molecule has 0 unspecified atom stereocenters. The molecule has 2 amide bonds. The molecular weight excluding hydrogens is 476 g/mol. The van der Waals surface area contributed by atoms with Gasteiger partial charge >= 0.3 is 0 Å². The molecule has 4 aromatic rings. The monoisotopic (exact) mass is 506 g/mol. The Balaban J connectivity index is 1.49. The molecule has 0 atom stereocenters. The second-order valence-electron chi connectivity index (χ2n) is 9.81. The quantitative estimate of drug-likeness (QED) is 0.397. The molecule has 1 aliphatic heterocycles. The third kappa shape index (κ3) is 4.28. The van der Waals surface area contributed by atoms with Gasteiger partial charge in [0, 0.05) is 49.3 Å². The number of aryl methyl sites for hydroxylation is 2. The number of pyridine rings is 1. The van der Waals surface area contributed by atoms with Gasteiger partial charge in [0.2, 0.25) is 0 Å². The maximum Gasteiger partial charge on any atom is 0.253 e. The summed E-state index contributed by atoms with van der Waals surface area (Å²) < 4.78 is 3.41. The molecule has 5 heterocycles. The zero-order chi connectivity index (χ0) is 25.6. The van der Waals surface area contributed by atoms with Gasteiger partial charge < -0.3 is 11.1 Å². The van der Waals surface area contributed by atoms with Gasteiger partial charge in [0.05, 0.1) is 27.9 Å². The summed E-state index contributed by atoms with van der Waals surface area (Å²) in [5.41, 5.74) is 9.50. The second-order valence-corrected chi connectivity index (χ2v) is 10.8. The Morgan fingerprint density at radius 1 is 1.28 bits per heavy atom. The van der Waals surface area contributed by atoms with Crippen molar-refractivity contribution in [1.29, 1.82) is 0 Å². The Bertz CT molecular complexity index is 1460. The van der Waals surface area contributed by atoms with E-state index in [9.17, 15) is 9.59 Å². The molecule has 0 saturated carbocycles. The van der Waals surface area contributed by atoms with Crippen LogP contribution in [0.2, 0.25) is 0 Å². The van der Waals surface area contributed by atoms with Crippen LogP contribution < -0.4 is 11.1 Å². The van der Waals surface area contributed by atoms with Gasteiger partial charge in [0.25, 0.3) is 11.8 Å². The fourth-order valence-corrected chi connectivity index (χ4v) is 6.02. The largest absolute Gasteiger partial charge is 0.365 e. The van der Waals surface area contributed by atoms with E-state index in [1.807, 2.05) is 32.3 Å². The first-order valence-electron chi connectivity index (χ1n) is 12.0. The van der Waals surface area contributed by atoms with Crippen molar-refractivity contribution in [2.45, 2.75) is 39.2 Å². The van der Waals surface area contributed by atoms with Gasteiger partial charge in [-0.1, -0.05) is 0 Å². The lowest BCUT2D eigenvalue weighted by atomic mass is 10.0. The molecule has 0 aliphatic carbocycles. The highest BCUT2D eigenvalue weighted by Crippen LogP contribution is 2.40. The summed E-state index contributed by atoms with van der Waals surface area (Å²) in [6, 6.07) is 3.73. The molecule has 10 nitrogen and oxygen atoms in total. The summed E-state index contributed by atoms with van der Waals surface area (Å²) in [7, 11) is 1.84. The van der Waals surface area contributed by atoms with Crippen LogP contribution in [0.4, 0.5) is 0 Å². The van der Waals surface area contributed by atoms with Crippen LogP contribution in [0.3, 0.4) is 0 Å². The van der Waals surface area contributed by atoms with E-state index in [2.05, 4.69) is 39.2 Å². The summed E-state index contributed by atoms with van der Waals surface area (Å²) in [6.07, 6.45) is 7.28. The Labute approximate surface area is 213 Å². The molecule has 11 heteroatoms. The fourth-order valence-electron chi connectivity index (χ4n) is 4.83. The van der Waals surface area contributed by atoms with E-state index >= 15 is 0 Å². The number of fused-ring (bicyclic) bond motifs is 1. The summed E-state index contributed by atoms with van der Waals surface area (Å²) >= 11 is 1.39. The molecule has 36 heavy (non-hydrogen) atoms. The summed E-state index contributed by atoms with van der Waals surface area (Å²) in [5.74, 6) is -0.723. The topological polar surface area (TPSA) is 123 Å². The van der Waals surface area contributed by atoms with Gasteiger partial charge in [-0.25, -0.2) is 4.52 Å². The van der Waals surface area contributed by atoms with Gasteiger partial charge in [-0.15, -0.1) is 11.3 Å². The van der Waals surface area contributed by atoms with Crippen LogP contribution in [0.15, 0.2) is 30.7 Å². The number of carbonyl (C=O) groups is 2. The molecule has 0 aromatic carbocycles. The SMILES string of the molecule is Cc1ncc(C(=O)NCCN2CCCC2(C)C)cc1-c1c(-c2ccn(C)n2)sc2c(C(N)=O)cnn12. The van der Waals surface area contributed by atoms with Gasteiger partial charge in [-0.05, 0) is 52.3 Å². The summed E-state index contributed by atoms with van der Waals surface area (Å²) in [4.78, 5) is 33.5. The molecule has 0 bridgehead atoms. The minimum Gasteiger partial charge on any atom is -0.365 e. The lowest BCUT2D eigenvalue weighted by Gasteiger charge is -2.31. The predicted molar refractivity (Wildman–Crippen MR) is 139 cm³/mol. The minimum atomic E-state index is -0.547. The Hall–Kier alpha value is -3.57. The number of likely N-dealkylation sites (tertiary alicyclic amines) is 1. The molecule has 5 rings (SSSR count). The molecule has 0 radical (unpaired) electrons. The smallest absolute Gasteiger partial charge is 0.253 e. The first-order valence-corrected chi connectivity index (χ1v) is 12.8. The molecule has 1 fully saturated rings. The molecule has 1 saturated heterocycles. The number of rotatable bonds is 7. The third-order valence-corrected chi connectivity index (χ3v) is 8.10. The van der Waals surface area contributed by atoms with Gasteiger partial charge in [0.15, 0.2) is 0 Å². The van der Waals surface area contributed by atoms with Crippen LogP contribution in [0, 0.1) is 6.92 Å². The highest BCUT2D eigenvalue weighted by molar-refractivity contribution is 7.21. The number of hydrogen-bond acceptors (Lipinski definition) is 7. The number of nitrogens with zero attached hydrogens (tertiary/aromatic N) is 6. The predicted octanol–water partition coefficient (Wildman–Crippen LogP) is 2.87. The third-order valence-electron chi connectivity index (χ3n) is 6.91. The molecule has 0 spiro atoms. The van der Waals surface area contributed by atoms with E-state index in [0.29, 0.717) is 22.5 Å². The standard InChI is InChI=1S/C25H30N8O2S/c1-15-17(12-16(13-28-15)23(35)27-8-11-32-9-5-7-25(32,2)3)20-21(19-6-10-31(4)30-19)36-24-18(22(26)34)14-29-33(20)24/h6,10,12-14H,5,7-9,11H2,1-4H3,(H2,26,34)(H,27,35). The van der Waals surface area contributed by atoms with Crippen LogP contribution in [0.25, 0.3) is 26.7 Å². The maximum atomic E-state index is 13.1. The Morgan fingerprint density at radius 2 is 2.08 bits per heavy atom. The van der Waals surface area contributed by atoms with E-state index in [0.717, 1.165) is 40.6 Å². The van der Waals surface area contributed by atoms with Crippen molar-refractivity contribution in [2.75, 3.05) is 19.6 Å². The highest BCUT2D eigenvalue weighted by Gasteiger charge is 2.31. The van der Waals surface area contributed by atoms with Crippen LogP contribution >= 0.6 is 11.3 Å². The average molecular weight is 507 g/mol. The van der Waals surface area contributed by atoms with Crippen LogP contribution in [-0.2, 0) is 7.05 Å². The van der Waals surface area contributed by atoms with Crippen molar-refractivity contribution in [1.82, 2.24) is 34.6 Å². The van der Waals surface area contributed by atoms with Gasteiger partial charge in [-0.3, -0.25) is 24.2 Å². The Kier molecular flexibility index (Phi) is 6.13. The minimum absolute atomic E-state index is 0.170. The second kappa shape index (κ2) is 9.14. The Morgan fingerprint density at radius 3 is 2.75 bits per heavy atom. The van der Waals surface area contributed by atoms with Gasteiger partial charge in [-0.2, -0.15) is 10.2 Å². The average Bonchev–Trinajstić information content (AvgIpc) is 3.58. The molecule has 1 aliphatic rings. The van der Waals surface area contributed by atoms with E-state index in [1.165, 1.54) is 30.4 Å². The first kappa shape index (κ1) is 24.1. The van der Waals surface area contributed by atoms with Gasteiger partial charge in [0.1, 0.15) is 10.5 Å². The maximum absolute atomic E-state index is 13.1.